The molecule has 2 aliphatic rings. The topological polar surface area (TPSA) is 330 Å². The molecular weight excluding hydrogens is 1180 g/mol. The van der Waals surface area contributed by atoms with Gasteiger partial charge in [0.05, 0.1) is 52.8 Å². The molecule has 9 N–H and O–H groups in total. The molecule has 6 amide bonds. The van der Waals surface area contributed by atoms with Gasteiger partial charge in [-0.05, 0) is 56.2 Å². The van der Waals surface area contributed by atoms with Crippen LogP contribution in [0.4, 0.5) is 10.6 Å². The summed E-state index contributed by atoms with van der Waals surface area (Å²) < 4.78 is 11.1. The fourth-order valence-corrected chi connectivity index (χ4v) is 14.7. The molecule has 10 bridgehead atoms. The Morgan fingerprint density at radius 2 is 1.51 bits per heavy atom. The molecule has 29 heteroatoms. The van der Waals surface area contributed by atoms with Gasteiger partial charge in [-0.3, -0.25) is 29.3 Å². The lowest BCUT2D eigenvalue weighted by Gasteiger charge is -2.25. The fourth-order valence-electron chi connectivity index (χ4n) is 9.13. The molecule has 1 aromatic carbocycles. The number of hydrogen-bond acceptors (Lipinski definition) is 23. The first-order valence-corrected chi connectivity index (χ1v) is 31.3. The third-order valence-corrected chi connectivity index (χ3v) is 19.4. The molecule has 8 aromatic rings. The van der Waals surface area contributed by atoms with Crippen LogP contribution in [0.15, 0.2) is 64.8 Å². The number of aliphatic hydroxyl groups is 1. The van der Waals surface area contributed by atoms with E-state index in [1.165, 1.54) is 70.8 Å². The van der Waals surface area contributed by atoms with Crippen LogP contribution in [0.1, 0.15) is 132 Å². The Hall–Kier alpha value is -7.35. The first-order valence-electron chi connectivity index (χ1n) is 26.2. The number of thiazole rings is 6. The molecule has 1 aliphatic carbocycles. The molecule has 1 fully saturated rings. The fraction of sp³-hybridized carbons (Fsp3) is 0.352. The number of carbonyl (C=O) groups is 6. The number of fused-ring (bicyclic) bond motifs is 14. The predicted octanol–water partition coefficient (Wildman–Crippen LogP) is 8.13. The third-order valence-electron chi connectivity index (χ3n) is 13.5. The summed E-state index contributed by atoms with van der Waals surface area (Å²) in [7, 11) is 2.95. The average Bonchev–Trinajstić information content (AvgIpc) is 3.58. The highest BCUT2D eigenvalue weighted by atomic mass is 32.1. The van der Waals surface area contributed by atoms with Gasteiger partial charge in [0.1, 0.15) is 76.9 Å². The molecule has 8 heterocycles. The SMILES string of the molecule is CNC(=O)C[C@@H]1NC(=O)c2csc(n2)-c2ccc(-c3nc(NC(=O)OC4CCC(N)CC4)cs3)nc2-c2cnc(s2)-c2csc(n2)[C@H]([C@@H](O)c2ccccc2)NC(=O)CNC(=O)c2nc(sc2COC)[C@H](C(C)C)NC(=O)c2nc1sc2C. The highest BCUT2D eigenvalue weighted by Gasteiger charge is 2.33. The number of anilines is 1. The highest BCUT2D eigenvalue weighted by Crippen LogP contribution is 2.42. The lowest BCUT2D eigenvalue weighted by molar-refractivity contribution is -0.122. The number of hydrogen-bond donors (Lipinski definition) is 8. The van der Waals surface area contributed by atoms with Crippen LogP contribution in [0.2, 0.25) is 0 Å². The maximum atomic E-state index is 14.3. The van der Waals surface area contributed by atoms with Gasteiger partial charge in [0, 0.05) is 53.0 Å². The quantitative estimate of drug-likeness (QED) is 0.0640. The Morgan fingerprint density at radius 3 is 2.27 bits per heavy atom. The second-order valence-electron chi connectivity index (χ2n) is 19.7. The van der Waals surface area contributed by atoms with E-state index in [9.17, 15) is 33.9 Å². The number of pyridine rings is 1. The minimum Gasteiger partial charge on any atom is -0.446 e. The maximum Gasteiger partial charge on any atom is 0.413 e. The third kappa shape index (κ3) is 13.7. The molecule has 0 radical (unpaired) electrons. The molecular formula is C54H56N14O9S6. The standard InChI is InChI=1S/C54H56N14O9S6/c1-24(2)39-53-68-42(35(83-53)20-76-5)46(73)57-19-38(70)65-43(44(71)26-9-7-6-8-10-26)52-62-33(22-79-52)49-58-18-34(82-49)41-29(15-16-30(59-41)50-63-36(23-80-50)64-54(75)77-28-13-11-27(55)12-14-28)48-61-32(21-78-48)45(72)60-31(17-37(69)56-4)51-67-40(25(3)81-51)47(74)66-39/h6-10,15-16,18,21-24,27-28,31,39,43-44,71H,11-14,17,19-20,55H2,1-5H3,(H,56,69)(H,57,73)(H,60,72)(H,64,75)(H,65,70)(H,66,74)/t27?,28?,31-,39-,43-,44-/m0/s1. The number of nitrogens with zero attached hydrogens (tertiary/aromatic N) is 7. The van der Waals surface area contributed by atoms with Crippen LogP contribution in [-0.2, 0) is 25.7 Å². The van der Waals surface area contributed by atoms with Gasteiger partial charge in [0.2, 0.25) is 11.8 Å². The summed E-state index contributed by atoms with van der Waals surface area (Å²) in [4.78, 5) is 118. The van der Waals surface area contributed by atoms with Gasteiger partial charge in [-0.1, -0.05) is 44.2 Å². The van der Waals surface area contributed by atoms with Gasteiger partial charge in [-0.15, -0.1) is 68.0 Å². The zero-order valence-electron chi connectivity index (χ0n) is 45.2. The molecule has 83 heavy (non-hydrogen) atoms. The normalized spacial score (nSPS) is 19.2. The van der Waals surface area contributed by atoms with Crippen LogP contribution in [0.5, 0.6) is 0 Å². The Morgan fingerprint density at radius 1 is 0.747 bits per heavy atom. The van der Waals surface area contributed by atoms with Crippen molar-refractivity contribution in [2.24, 2.45) is 11.7 Å². The summed E-state index contributed by atoms with van der Waals surface area (Å²) in [5, 5.41) is 36.3. The van der Waals surface area contributed by atoms with E-state index >= 15 is 0 Å². The van der Waals surface area contributed by atoms with Crippen LogP contribution in [-0.4, -0.2) is 108 Å². The summed E-state index contributed by atoms with van der Waals surface area (Å²) in [6.45, 7) is 4.99. The van der Waals surface area contributed by atoms with Gasteiger partial charge in [0.15, 0.2) is 0 Å². The van der Waals surface area contributed by atoms with Crippen molar-refractivity contribution >= 4 is 109 Å². The van der Waals surface area contributed by atoms with Crippen LogP contribution in [0.25, 0.3) is 42.5 Å². The predicted molar refractivity (Wildman–Crippen MR) is 317 cm³/mol. The second kappa shape index (κ2) is 26.1. The molecule has 0 spiro atoms. The number of methoxy groups -OCH3 is 1. The summed E-state index contributed by atoms with van der Waals surface area (Å²) in [6.07, 6.45) is 2.21. The van der Waals surface area contributed by atoms with Crippen molar-refractivity contribution in [3.8, 4) is 42.5 Å². The lowest BCUT2D eigenvalue weighted by Crippen LogP contribution is -2.40. The van der Waals surface area contributed by atoms with E-state index in [2.05, 4.69) is 36.9 Å². The number of ether oxygens (including phenoxy) is 2. The number of amides is 6. The number of aryl methyl sites for hydroxylation is 1. The minimum atomic E-state index is -1.27. The molecule has 1 saturated carbocycles. The summed E-state index contributed by atoms with van der Waals surface area (Å²) in [6, 6.07) is 9.70. The number of nitrogens with two attached hydrogens (primary N) is 1. The number of aromatic nitrogens is 7. The Kier molecular flexibility index (Phi) is 18.5. The number of benzene rings is 1. The first-order chi connectivity index (χ1) is 40.0. The number of aliphatic hydroxyl groups excluding tert-OH is 1. The van der Waals surface area contributed by atoms with Gasteiger partial charge in [-0.2, -0.15) is 0 Å². The van der Waals surface area contributed by atoms with Gasteiger partial charge >= 0.3 is 6.09 Å². The van der Waals surface area contributed by atoms with Crippen LogP contribution in [0.3, 0.4) is 0 Å². The molecule has 0 unspecified atom stereocenters. The smallest absolute Gasteiger partial charge is 0.413 e. The molecule has 4 atom stereocenters. The van der Waals surface area contributed by atoms with E-state index in [1.807, 2.05) is 19.9 Å². The second-order valence-corrected chi connectivity index (χ2v) is 25.7. The summed E-state index contributed by atoms with van der Waals surface area (Å²) >= 11 is 7.24. The molecule has 1 aliphatic heterocycles. The molecule has 10 rings (SSSR count). The number of nitrogens with one attached hydrogen (secondary N) is 6. The number of carbonyl (C=O) groups excluding carboxylic acids is 6. The van der Waals surface area contributed by atoms with Crippen LogP contribution >= 0.6 is 68.0 Å². The average molecular weight is 1240 g/mol. The summed E-state index contributed by atoms with van der Waals surface area (Å²) in [5.41, 5.74) is 8.54. The zero-order chi connectivity index (χ0) is 58.5. The van der Waals surface area contributed by atoms with Gasteiger partial charge in [0.25, 0.3) is 17.7 Å². The molecule has 0 saturated heterocycles. The van der Waals surface area contributed by atoms with Crippen molar-refractivity contribution in [2.45, 2.75) is 95.9 Å². The Bertz CT molecular complexity index is 3680. The largest absolute Gasteiger partial charge is 0.446 e. The van der Waals surface area contributed by atoms with Gasteiger partial charge < -0.3 is 46.9 Å². The van der Waals surface area contributed by atoms with Crippen molar-refractivity contribution in [3.63, 3.8) is 0 Å². The lowest BCUT2D eigenvalue weighted by atomic mass is 9.94. The zero-order valence-corrected chi connectivity index (χ0v) is 50.1. The molecule has 7 aromatic heterocycles. The van der Waals surface area contributed by atoms with E-state index in [0.717, 1.165) is 24.2 Å². The van der Waals surface area contributed by atoms with Gasteiger partial charge in [-0.25, -0.2) is 39.7 Å². The first kappa shape index (κ1) is 58.8. The van der Waals surface area contributed by atoms with Crippen molar-refractivity contribution in [2.75, 3.05) is 26.0 Å². The minimum absolute atomic E-state index is 0.00264. The van der Waals surface area contributed by atoms with E-state index < -0.39 is 66.4 Å². The Balaban J connectivity index is 1.03. The molecule has 432 valence electrons. The van der Waals surface area contributed by atoms with E-state index in [1.54, 1.807) is 65.7 Å². The van der Waals surface area contributed by atoms with Crippen LogP contribution in [0, 0.1) is 12.8 Å². The van der Waals surface area contributed by atoms with E-state index in [-0.39, 0.29) is 54.0 Å². The van der Waals surface area contributed by atoms with Crippen LogP contribution < -0.4 is 37.6 Å². The van der Waals surface area contributed by atoms with Crippen molar-refractivity contribution in [1.82, 2.24) is 61.5 Å². The highest BCUT2D eigenvalue weighted by molar-refractivity contribution is 7.19. The number of rotatable bonds is 10. The van der Waals surface area contributed by atoms with Crippen molar-refractivity contribution in [1.29, 1.82) is 0 Å². The van der Waals surface area contributed by atoms with E-state index in [0.29, 0.717) is 85.7 Å². The monoisotopic (exact) mass is 1240 g/mol. The van der Waals surface area contributed by atoms with Crippen molar-refractivity contribution in [3.05, 3.63) is 112 Å². The van der Waals surface area contributed by atoms with Crippen molar-refractivity contribution < 1.29 is 43.3 Å². The molecule has 23 nitrogen and oxygen atoms in total. The summed E-state index contributed by atoms with van der Waals surface area (Å²) in [5.74, 6) is -2.81. The maximum absolute atomic E-state index is 14.3. The van der Waals surface area contributed by atoms with E-state index in [4.69, 9.17) is 45.1 Å². The Labute approximate surface area is 499 Å².